The summed E-state index contributed by atoms with van der Waals surface area (Å²) in [5.41, 5.74) is 4.98. The fraction of sp³-hybridized carbons (Fsp3) is 0.208. The number of carbonyl (C=O) groups is 1. The molecular weight excluding hydrogens is 392 g/mol. The number of allylic oxidation sites excluding steroid dienone is 1. The maximum Gasteiger partial charge on any atom is 0.335 e. The molecule has 0 unspecified atom stereocenters. The number of fused-ring (bicyclic) bond motifs is 3. The number of methoxy groups -OCH3 is 1. The molecule has 0 spiro atoms. The van der Waals surface area contributed by atoms with Gasteiger partial charge in [-0.25, -0.2) is 9.48 Å². The quantitative estimate of drug-likeness (QED) is 0.402. The lowest BCUT2D eigenvalue weighted by atomic mass is 10.1. The average Bonchev–Trinajstić information content (AvgIpc) is 3.12. The smallest absolute Gasteiger partial charge is 0.335 e. The first-order valence-corrected chi connectivity index (χ1v) is 9.94. The van der Waals surface area contributed by atoms with Crippen LogP contribution in [0.3, 0.4) is 0 Å². The summed E-state index contributed by atoms with van der Waals surface area (Å²) < 4.78 is 12.3. The topological polar surface area (TPSA) is 78.3 Å². The van der Waals surface area contributed by atoms with Crippen molar-refractivity contribution in [3.8, 4) is 23.3 Å². The molecule has 0 saturated carbocycles. The number of rotatable bonds is 3. The lowest BCUT2D eigenvalue weighted by Crippen LogP contribution is -2.13. The van der Waals surface area contributed by atoms with Gasteiger partial charge in [-0.2, -0.15) is 0 Å². The van der Waals surface area contributed by atoms with E-state index in [0.717, 1.165) is 22.6 Å². The Bertz CT molecular complexity index is 1220. The van der Waals surface area contributed by atoms with Crippen LogP contribution in [0.15, 0.2) is 59.8 Å². The molecule has 0 radical (unpaired) electrons. The van der Waals surface area contributed by atoms with Crippen molar-refractivity contribution < 1.29 is 14.3 Å². The zero-order valence-electron chi connectivity index (χ0n) is 17.6. The van der Waals surface area contributed by atoms with E-state index in [2.05, 4.69) is 27.5 Å². The summed E-state index contributed by atoms with van der Waals surface area (Å²) in [6.45, 7) is 3.84. The molecule has 0 saturated heterocycles. The van der Waals surface area contributed by atoms with Crippen molar-refractivity contribution in [2.45, 2.75) is 20.3 Å². The zero-order valence-corrected chi connectivity index (χ0v) is 17.6. The van der Waals surface area contributed by atoms with Crippen molar-refractivity contribution in [1.82, 2.24) is 15.0 Å². The van der Waals surface area contributed by atoms with Crippen molar-refractivity contribution >= 4 is 11.7 Å². The Balaban J connectivity index is 1.86. The second-order valence-electron chi connectivity index (χ2n) is 6.92. The molecule has 31 heavy (non-hydrogen) atoms. The fourth-order valence-corrected chi connectivity index (χ4v) is 3.29. The van der Waals surface area contributed by atoms with E-state index in [4.69, 9.17) is 9.47 Å². The van der Waals surface area contributed by atoms with Crippen LogP contribution in [0, 0.1) is 11.8 Å². The molecular formula is C24H22N4O3. The Morgan fingerprint density at radius 1 is 1.19 bits per heavy atom. The molecule has 3 aromatic rings. The van der Waals surface area contributed by atoms with Crippen LogP contribution < -0.4 is 10.1 Å². The maximum atomic E-state index is 12.4. The third kappa shape index (κ3) is 4.14. The van der Waals surface area contributed by atoms with Crippen molar-refractivity contribution in [1.29, 1.82) is 0 Å². The van der Waals surface area contributed by atoms with Gasteiger partial charge in [0, 0.05) is 23.7 Å². The zero-order chi connectivity index (χ0) is 21.8. The summed E-state index contributed by atoms with van der Waals surface area (Å²) in [4.78, 5) is 12.4. The number of ether oxygens (including phenoxy) is 2. The Labute approximate surface area is 180 Å². The van der Waals surface area contributed by atoms with Crippen LogP contribution in [0.2, 0.25) is 0 Å². The lowest BCUT2D eigenvalue weighted by Gasteiger charge is -2.13. The van der Waals surface area contributed by atoms with Crippen LogP contribution in [0.5, 0.6) is 5.75 Å². The predicted molar refractivity (Wildman–Crippen MR) is 117 cm³/mol. The highest BCUT2D eigenvalue weighted by atomic mass is 16.5. The predicted octanol–water partition coefficient (Wildman–Crippen LogP) is 3.48. The Hall–Kier alpha value is -4.05. The van der Waals surface area contributed by atoms with Crippen LogP contribution in [0.25, 0.3) is 5.69 Å². The van der Waals surface area contributed by atoms with E-state index in [1.165, 1.54) is 0 Å². The molecule has 7 nitrogen and oxygen atoms in total. The number of hydrogen-bond acceptors (Lipinski definition) is 6. The lowest BCUT2D eigenvalue weighted by molar-refractivity contribution is -0.138. The minimum atomic E-state index is -0.363. The largest absolute Gasteiger partial charge is 0.497 e. The maximum absolute atomic E-state index is 12.4. The van der Waals surface area contributed by atoms with Crippen LogP contribution in [0.1, 0.15) is 30.8 Å². The number of benzene rings is 2. The van der Waals surface area contributed by atoms with E-state index in [-0.39, 0.29) is 5.97 Å². The van der Waals surface area contributed by atoms with E-state index in [0.29, 0.717) is 35.7 Å². The Morgan fingerprint density at radius 3 is 2.74 bits per heavy atom. The minimum absolute atomic E-state index is 0.310. The number of anilines is 1. The van der Waals surface area contributed by atoms with Crippen LogP contribution in [-0.2, 0) is 16.0 Å². The van der Waals surface area contributed by atoms with E-state index >= 15 is 0 Å². The van der Waals surface area contributed by atoms with Gasteiger partial charge in [-0.05, 0) is 44.0 Å². The number of nitrogens with zero attached hydrogens (tertiary/aromatic N) is 3. The molecule has 7 heteroatoms. The molecule has 4 rings (SSSR count). The number of aromatic nitrogens is 3. The molecule has 1 aliphatic heterocycles. The van der Waals surface area contributed by atoms with Gasteiger partial charge in [-0.3, -0.25) is 0 Å². The van der Waals surface area contributed by atoms with Crippen molar-refractivity contribution in [3.05, 3.63) is 76.8 Å². The highest BCUT2D eigenvalue weighted by Crippen LogP contribution is 2.32. The second kappa shape index (κ2) is 8.76. The van der Waals surface area contributed by atoms with E-state index in [9.17, 15) is 4.79 Å². The van der Waals surface area contributed by atoms with Crippen molar-refractivity contribution in [3.63, 3.8) is 0 Å². The minimum Gasteiger partial charge on any atom is -0.497 e. The molecule has 0 fully saturated rings. The normalized spacial score (nSPS) is 13.5. The number of nitrogens with one attached hydrogen (secondary N) is 1. The van der Waals surface area contributed by atoms with E-state index < -0.39 is 0 Å². The summed E-state index contributed by atoms with van der Waals surface area (Å²) in [7, 11) is 1.61. The number of carbonyl (C=O) groups excluding carboxylic acids is 1. The van der Waals surface area contributed by atoms with Gasteiger partial charge < -0.3 is 14.8 Å². The highest BCUT2D eigenvalue weighted by molar-refractivity contribution is 5.90. The van der Waals surface area contributed by atoms with Gasteiger partial charge in [0.2, 0.25) is 0 Å². The molecule has 2 heterocycles. The molecule has 0 atom stereocenters. The van der Waals surface area contributed by atoms with Gasteiger partial charge in [0.05, 0.1) is 36.4 Å². The van der Waals surface area contributed by atoms with Gasteiger partial charge in [0.15, 0.2) is 5.69 Å². The SMILES string of the molecule is CCOC(=O)/C(C)=C1\Cc2c(C#Cc3ccccc3)nnn2-c2cc(OC)ccc2N1. The molecule has 1 aromatic heterocycles. The average molecular weight is 414 g/mol. The summed E-state index contributed by atoms with van der Waals surface area (Å²) in [5.74, 6) is 6.59. The molecule has 1 N–H and O–H groups in total. The van der Waals surface area contributed by atoms with Crippen LogP contribution >= 0.6 is 0 Å². The number of hydrogen-bond donors (Lipinski definition) is 1. The third-order valence-electron chi connectivity index (χ3n) is 4.96. The summed E-state index contributed by atoms with van der Waals surface area (Å²) in [6, 6.07) is 15.3. The van der Waals surface area contributed by atoms with E-state index in [1.54, 1.807) is 25.6 Å². The van der Waals surface area contributed by atoms with Gasteiger partial charge >= 0.3 is 5.97 Å². The molecule has 0 bridgehead atoms. The van der Waals surface area contributed by atoms with Crippen molar-refractivity contribution in [2.75, 3.05) is 19.0 Å². The van der Waals surface area contributed by atoms with Crippen LogP contribution in [0.4, 0.5) is 5.69 Å². The molecule has 0 aliphatic carbocycles. The summed E-state index contributed by atoms with van der Waals surface area (Å²) in [5, 5.41) is 12.0. The third-order valence-corrected chi connectivity index (χ3v) is 4.96. The van der Waals surface area contributed by atoms with Crippen LogP contribution in [-0.4, -0.2) is 34.7 Å². The monoisotopic (exact) mass is 414 g/mol. The summed E-state index contributed by atoms with van der Waals surface area (Å²) in [6.07, 6.45) is 0.396. The Kier molecular flexibility index (Phi) is 5.72. The van der Waals surface area contributed by atoms with Gasteiger partial charge in [0.1, 0.15) is 5.75 Å². The Morgan fingerprint density at radius 2 is 2.00 bits per heavy atom. The van der Waals surface area contributed by atoms with Gasteiger partial charge in [-0.1, -0.05) is 29.3 Å². The second-order valence-corrected chi connectivity index (χ2v) is 6.92. The summed E-state index contributed by atoms with van der Waals surface area (Å²) >= 11 is 0. The first kappa shape index (κ1) is 20.2. The molecule has 156 valence electrons. The molecule has 2 aromatic carbocycles. The molecule has 1 aliphatic rings. The first-order chi connectivity index (χ1) is 15.1. The molecule has 0 amide bonds. The van der Waals surface area contributed by atoms with Gasteiger partial charge in [0.25, 0.3) is 0 Å². The number of esters is 1. The van der Waals surface area contributed by atoms with E-state index in [1.807, 2.05) is 48.5 Å². The standard InChI is InChI=1S/C24H22N4O3/c1-4-31-24(29)16(2)21-15-23-20(12-10-17-8-6-5-7-9-17)26-27-28(23)22-14-18(30-3)11-13-19(22)25-21/h5-9,11,13-14,25H,4,15H2,1-3H3/b21-16+. The van der Waals surface area contributed by atoms with Crippen molar-refractivity contribution in [2.24, 2.45) is 0 Å². The van der Waals surface area contributed by atoms with Gasteiger partial charge in [-0.15, -0.1) is 5.10 Å². The first-order valence-electron chi connectivity index (χ1n) is 9.94. The highest BCUT2D eigenvalue weighted by Gasteiger charge is 2.24. The fourth-order valence-electron chi connectivity index (χ4n) is 3.29.